The number of hydrogen-bond donors (Lipinski definition) is 1. The molecule has 12 heteroatoms. The summed E-state index contributed by atoms with van der Waals surface area (Å²) in [7, 11) is -6.66. The minimum atomic E-state index is -4.25. The molecule has 1 aliphatic heterocycles. The molecule has 1 amide bonds. The SMILES string of the molecule is COc1ccc(S(=O)(=O)N2CCCCC2)cc1NC(=O)CN(c1ccccc1)S(=O)(=O)c1ccc(F)cc1. The molecule has 1 heterocycles. The van der Waals surface area contributed by atoms with Gasteiger partial charge in [-0.25, -0.2) is 21.2 Å². The van der Waals surface area contributed by atoms with E-state index in [4.69, 9.17) is 4.74 Å². The number of anilines is 2. The Morgan fingerprint density at radius 2 is 1.55 bits per heavy atom. The second kappa shape index (κ2) is 11.5. The minimum Gasteiger partial charge on any atom is -0.495 e. The number of benzene rings is 3. The number of amides is 1. The maximum Gasteiger partial charge on any atom is 0.264 e. The van der Waals surface area contributed by atoms with E-state index in [0.29, 0.717) is 13.1 Å². The highest BCUT2D eigenvalue weighted by molar-refractivity contribution is 7.92. The maximum atomic E-state index is 13.4. The van der Waals surface area contributed by atoms with E-state index < -0.39 is 38.3 Å². The van der Waals surface area contributed by atoms with E-state index >= 15 is 0 Å². The van der Waals surface area contributed by atoms with E-state index in [1.807, 2.05) is 0 Å². The Bertz CT molecular complexity index is 1490. The van der Waals surface area contributed by atoms with Gasteiger partial charge in [0.15, 0.2) is 0 Å². The number of ether oxygens (including phenoxy) is 1. The van der Waals surface area contributed by atoms with Crippen molar-refractivity contribution in [2.24, 2.45) is 0 Å². The predicted octanol–water partition coefficient (Wildman–Crippen LogP) is 3.84. The summed E-state index contributed by atoms with van der Waals surface area (Å²) in [6.45, 7) is 0.211. The molecule has 9 nitrogen and oxygen atoms in total. The second-order valence-corrected chi connectivity index (χ2v) is 12.5. The second-order valence-electron chi connectivity index (χ2n) is 8.68. The van der Waals surface area contributed by atoms with Gasteiger partial charge >= 0.3 is 0 Å². The van der Waals surface area contributed by atoms with Gasteiger partial charge in [-0.05, 0) is 67.4 Å². The molecule has 0 bridgehead atoms. The molecule has 1 saturated heterocycles. The lowest BCUT2D eigenvalue weighted by Gasteiger charge is -2.26. The summed E-state index contributed by atoms with van der Waals surface area (Å²) in [5.41, 5.74) is 0.308. The molecule has 0 atom stereocenters. The van der Waals surface area contributed by atoms with Crippen LogP contribution in [0.1, 0.15) is 19.3 Å². The molecule has 0 aliphatic carbocycles. The highest BCUT2D eigenvalue weighted by atomic mass is 32.2. The van der Waals surface area contributed by atoms with Crippen molar-refractivity contribution in [2.75, 3.05) is 36.4 Å². The number of halogens is 1. The summed E-state index contributed by atoms with van der Waals surface area (Å²) < 4.78 is 74.2. The molecule has 0 unspecified atom stereocenters. The van der Waals surface area contributed by atoms with Crippen LogP contribution in [0.2, 0.25) is 0 Å². The van der Waals surface area contributed by atoms with Crippen LogP contribution in [0.15, 0.2) is 82.6 Å². The number of carbonyl (C=O) groups is 1. The van der Waals surface area contributed by atoms with Gasteiger partial charge in [0.05, 0.1) is 28.3 Å². The highest BCUT2D eigenvalue weighted by Crippen LogP contribution is 2.30. The molecule has 38 heavy (non-hydrogen) atoms. The maximum absolute atomic E-state index is 13.4. The number of para-hydroxylation sites is 1. The number of rotatable bonds is 9. The Labute approximate surface area is 221 Å². The van der Waals surface area contributed by atoms with Gasteiger partial charge < -0.3 is 10.1 Å². The van der Waals surface area contributed by atoms with Gasteiger partial charge in [0.1, 0.15) is 18.1 Å². The summed E-state index contributed by atoms with van der Waals surface area (Å²) in [5, 5.41) is 2.60. The fourth-order valence-corrected chi connectivity index (χ4v) is 7.13. The number of sulfonamides is 2. The molecule has 0 radical (unpaired) electrons. The Balaban J connectivity index is 1.63. The van der Waals surface area contributed by atoms with Crippen LogP contribution in [0.3, 0.4) is 0 Å². The van der Waals surface area contributed by atoms with Crippen molar-refractivity contribution >= 4 is 37.3 Å². The van der Waals surface area contributed by atoms with Crippen LogP contribution in [0, 0.1) is 5.82 Å². The summed E-state index contributed by atoms with van der Waals surface area (Å²) in [6, 6.07) is 16.5. The van der Waals surface area contributed by atoms with E-state index in [9.17, 15) is 26.0 Å². The topological polar surface area (TPSA) is 113 Å². The number of methoxy groups -OCH3 is 1. The minimum absolute atomic E-state index is 0.00523. The number of carbonyl (C=O) groups excluding carboxylic acids is 1. The number of piperidine rings is 1. The average molecular weight is 562 g/mol. The zero-order valence-corrected chi connectivity index (χ0v) is 22.3. The van der Waals surface area contributed by atoms with Crippen molar-refractivity contribution in [3.63, 3.8) is 0 Å². The zero-order valence-electron chi connectivity index (χ0n) is 20.7. The first-order valence-electron chi connectivity index (χ1n) is 11.9. The number of hydrogen-bond acceptors (Lipinski definition) is 6. The van der Waals surface area contributed by atoms with E-state index in [1.54, 1.807) is 18.2 Å². The van der Waals surface area contributed by atoms with Gasteiger partial charge in [-0.2, -0.15) is 4.31 Å². The normalized spacial score (nSPS) is 14.6. The van der Waals surface area contributed by atoms with Gasteiger partial charge in [0.2, 0.25) is 15.9 Å². The van der Waals surface area contributed by atoms with Gasteiger partial charge in [0.25, 0.3) is 10.0 Å². The standard InChI is InChI=1S/C26H28FN3O6S2/c1-36-25-15-14-23(37(32,33)29-16-6-3-7-17-29)18-24(25)28-26(31)19-30(21-8-4-2-5-9-21)38(34,35)22-12-10-20(27)11-13-22/h2,4-5,8-15,18H,3,6-7,16-17,19H2,1H3,(H,28,31). The Morgan fingerprint density at radius 1 is 0.921 bits per heavy atom. The Morgan fingerprint density at radius 3 is 2.18 bits per heavy atom. The molecule has 3 aromatic carbocycles. The molecule has 1 N–H and O–H groups in total. The van der Waals surface area contributed by atoms with Crippen molar-refractivity contribution in [2.45, 2.75) is 29.1 Å². The van der Waals surface area contributed by atoms with E-state index in [0.717, 1.165) is 47.8 Å². The zero-order chi connectivity index (χ0) is 27.3. The van der Waals surface area contributed by atoms with Crippen LogP contribution in [0.25, 0.3) is 0 Å². The largest absolute Gasteiger partial charge is 0.495 e. The van der Waals surface area contributed by atoms with Crippen molar-refractivity contribution in [1.29, 1.82) is 0 Å². The molecular weight excluding hydrogens is 533 g/mol. The third-order valence-corrected chi connectivity index (χ3v) is 9.81. The van der Waals surface area contributed by atoms with Crippen LogP contribution in [-0.2, 0) is 24.8 Å². The summed E-state index contributed by atoms with van der Waals surface area (Å²) in [6.07, 6.45) is 2.52. The molecule has 202 valence electrons. The summed E-state index contributed by atoms with van der Waals surface area (Å²) >= 11 is 0. The summed E-state index contributed by atoms with van der Waals surface area (Å²) in [5.74, 6) is -1.12. The molecule has 0 spiro atoms. The van der Waals surface area contributed by atoms with Crippen molar-refractivity contribution in [3.8, 4) is 5.75 Å². The molecule has 4 rings (SSSR count). The number of nitrogens with one attached hydrogen (secondary N) is 1. The lowest BCUT2D eigenvalue weighted by atomic mass is 10.2. The van der Waals surface area contributed by atoms with E-state index in [-0.39, 0.29) is 26.9 Å². The van der Waals surface area contributed by atoms with E-state index in [2.05, 4.69) is 5.32 Å². The third kappa shape index (κ3) is 5.98. The first kappa shape index (κ1) is 27.6. The van der Waals surface area contributed by atoms with Gasteiger partial charge in [-0.15, -0.1) is 0 Å². The number of nitrogens with zero attached hydrogens (tertiary/aromatic N) is 2. The smallest absolute Gasteiger partial charge is 0.264 e. The summed E-state index contributed by atoms with van der Waals surface area (Å²) in [4.78, 5) is 13.0. The molecule has 0 aromatic heterocycles. The van der Waals surface area contributed by atoms with Crippen LogP contribution in [0.5, 0.6) is 5.75 Å². The first-order valence-corrected chi connectivity index (χ1v) is 14.8. The Kier molecular flexibility index (Phi) is 8.34. The molecule has 3 aromatic rings. The van der Waals surface area contributed by atoms with Crippen molar-refractivity contribution in [3.05, 3.63) is 78.6 Å². The average Bonchev–Trinajstić information content (AvgIpc) is 2.93. The van der Waals surface area contributed by atoms with Gasteiger partial charge in [-0.3, -0.25) is 9.10 Å². The highest BCUT2D eigenvalue weighted by Gasteiger charge is 2.29. The van der Waals surface area contributed by atoms with Gasteiger partial charge in [0, 0.05) is 13.1 Å². The Hall–Kier alpha value is -3.48. The quantitative estimate of drug-likeness (QED) is 0.425. The third-order valence-electron chi connectivity index (χ3n) is 6.13. The molecular formula is C26H28FN3O6S2. The predicted molar refractivity (Wildman–Crippen MR) is 142 cm³/mol. The van der Waals surface area contributed by atoms with Crippen molar-refractivity contribution in [1.82, 2.24) is 4.31 Å². The van der Waals surface area contributed by atoms with Crippen LogP contribution in [-0.4, -0.2) is 53.8 Å². The fourth-order valence-electron chi connectivity index (χ4n) is 4.16. The molecule has 1 aliphatic rings. The van der Waals surface area contributed by atoms with Gasteiger partial charge in [-0.1, -0.05) is 24.6 Å². The molecule has 1 fully saturated rings. The lowest BCUT2D eigenvalue weighted by molar-refractivity contribution is -0.114. The lowest BCUT2D eigenvalue weighted by Crippen LogP contribution is -2.38. The van der Waals surface area contributed by atoms with Crippen molar-refractivity contribution < 1.29 is 30.8 Å². The monoisotopic (exact) mass is 561 g/mol. The van der Waals surface area contributed by atoms with Crippen LogP contribution < -0.4 is 14.4 Å². The fraction of sp³-hybridized carbons (Fsp3) is 0.269. The molecule has 0 saturated carbocycles. The first-order chi connectivity index (χ1) is 18.1. The van der Waals surface area contributed by atoms with Crippen LogP contribution in [0.4, 0.5) is 15.8 Å². The van der Waals surface area contributed by atoms with Crippen LogP contribution >= 0.6 is 0 Å². The van der Waals surface area contributed by atoms with E-state index in [1.165, 1.54) is 41.7 Å².